The van der Waals surface area contributed by atoms with Gasteiger partial charge in [-0.05, 0) is 128 Å². The van der Waals surface area contributed by atoms with E-state index in [4.69, 9.17) is 14.2 Å². The topological polar surface area (TPSA) is 61.8 Å². The van der Waals surface area contributed by atoms with Crippen LogP contribution in [0, 0.1) is 0 Å². The third kappa shape index (κ3) is 54.6. The molecule has 68 heavy (non-hydrogen) atoms. The van der Waals surface area contributed by atoms with Crippen molar-refractivity contribution in [2.75, 3.05) is 19.8 Å². The molecule has 0 bridgehead atoms. The molecule has 0 aromatic rings. The van der Waals surface area contributed by atoms with Crippen LogP contribution in [0.25, 0.3) is 0 Å². The predicted molar refractivity (Wildman–Crippen MR) is 297 cm³/mol. The van der Waals surface area contributed by atoms with Gasteiger partial charge in [-0.2, -0.15) is 0 Å². The Hall–Kier alpha value is -3.96. The largest absolute Gasteiger partial charge is 0.462 e. The minimum Gasteiger partial charge on any atom is -0.462 e. The highest BCUT2D eigenvalue weighted by atomic mass is 16.6. The molecule has 0 aliphatic rings. The van der Waals surface area contributed by atoms with E-state index >= 15 is 0 Å². The van der Waals surface area contributed by atoms with Gasteiger partial charge in [-0.15, -0.1) is 0 Å². The maximum atomic E-state index is 12.8. The summed E-state index contributed by atoms with van der Waals surface area (Å²) in [5, 5.41) is 0. The summed E-state index contributed by atoms with van der Waals surface area (Å²) in [7, 11) is 0. The Balaban J connectivity index is 4.45. The predicted octanol–water partition coefficient (Wildman–Crippen LogP) is 19.1. The van der Waals surface area contributed by atoms with Gasteiger partial charge < -0.3 is 14.2 Å². The maximum absolute atomic E-state index is 12.8. The summed E-state index contributed by atoms with van der Waals surface area (Å²) in [6.07, 6.45) is 81.8. The summed E-state index contributed by atoms with van der Waals surface area (Å²) in [5.41, 5.74) is 0. The van der Waals surface area contributed by atoms with E-state index in [1.807, 2.05) is 0 Å². The van der Waals surface area contributed by atoms with Crippen molar-refractivity contribution < 1.29 is 23.8 Å². The standard InChI is InChI=1S/C63H102O5/c1-4-7-10-13-16-19-22-25-28-31-34-37-40-43-46-49-52-55-58-66-59-61(68-63(65)57-54-51-48-45-42-39-36-33-30-27-24-21-18-15-12-9-6-3)60-67-62(64)56-53-50-47-44-41-38-35-32-29-26-23-20-17-14-11-8-5-2/h8-9,11-12,16-21,25-30,35-36,38-39,44,47,61H,4-7,10,13-15,22-24,31-34,37,40-43,45-46,48-60H2,1-3H3/b11-8-,12-9-,19-16-,20-17-,21-18-,28-25-,29-26-,30-27-,38-35-,39-36-,47-44-. The zero-order valence-corrected chi connectivity index (χ0v) is 44.1. The third-order valence-corrected chi connectivity index (χ3v) is 11.2. The number of carbonyl (C=O) groups excluding carboxylic acids is 2. The Labute approximate surface area is 419 Å². The third-order valence-electron chi connectivity index (χ3n) is 11.2. The average molecular weight is 940 g/mol. The van der Waals surface area contributed by atoms with Gasteiger partial charge in [0.15, 0.2) is 6.10 Å². The maximum Gasteiger partial charge on any atom is 0.306 e. The molecule has 0 N–H and O–H groups in total. The zero-order valence-electron chi connectivity index (χ0n) is 44.1. The van der Waals surface area contributed by atoms with Crippen LogP contribution in [-0.2, 0) is 23.8 Å². The molecule has 0 radical (unpaired) electrons. The summed E-state index contributed by atoms with van der Waals surface area (Å²) in [6, 6.07) is 0. The quantitative estimate of drug-likeness (QED) is 0.0345. The van der Waals surface area contributed by atoms with Gasteiger partial charge in [-0.1, -0.05) is 219 Å². The molecular weight excluding hydrogens is 837 g/mol. The van der Waals surface area contributed by atoms with Gasteiger partial charge >= 0.3 is 11.9 Å². The van der Waals surface area contributed by atoms with Gasteiger partial charge in [0.2, 0.25) is 0 Å². The Morgan fingerprint density at radius 2 is 0.676 bits per heavy atom. The summed E-state index contributed by atoms with van der Waals surface area (Å²) in [5.74, 6) is -0.502. The summed E-state index contributed by atoms with van der Waals surface area (Å²) >= 11 is 0. The van der Waals surface area contributed by atoms with Gasteiger partial charge in [0.05, 0.1) is 6.61 Å². The molecular formula is C63H102O5. The molecule has 5 nitrogen and oxygen atoms in total. The van der Waals surface area contributed by atoms with Crippen LogP contribution < -0.4 is 0 Å². The van der Waals surface area contributed by atoms with E-state index in [-0.39, 0.29) is 25.2 Å². The van der Waals surface area contributed by atoms with E-state index in [0.29, 0.717) is 19.4 Å². The van der Waals surface area contributed by atoms with Crippen molar-refractivity contribution >= 4 is 11.9 Å². The van der Waals surface area contributed by atoms with E-state index in [1.165, 1.54) is 70.6 Å². The fourth-order valence-electron chi connectivity index (χ4n) is 7.10. The molecule has 0 saturated heterocycles. The average Bonchev–Trinajstić information content (AvgIpc) is 3.34. The van der Waals surface area contributed by atoms with Crippen molar-refractivity contribution in [1.82, 2.24) is 0 Å². The normalized spacial score (nSPS) is 13.3. The molecule has 0 aromatic heterocycles. The van der Waals surface area contributed by atoms with Gasteiger partial charge in [0.25, 0.3) is 0 Å². The minimum atomic E-state index is -0.586. The number of hydrogen-bond acceptors (Lipinski definition) is 5. The summed E-state index contributed by atoms with van der Waals surface area (Å²) < 4.78 is 17.4. The lowest BCUT2D eigenvalue weighted by Gasteiger charge is -2.18. The lowest BCUT2D eigenvalue weighted by molar-refractivity contribution is -0.163. The van der Waals surface area contributed by atoms with Gasteiger partial charge in [-0.25, -0.2) is 0 Å². The van der Waals surface area contributed by atoms with E-state index < -0.39 is 6.10 Å². The van der Waals surface area contributed by atoms with Crippen molar-refractivity contribution in [2.45, 2.75) is 232 Å². The molecule has 0 aromatic carbocycles. The molecule has 0 amide bonds. The lowest BCUT2D eigenvalue weighted by atomic mass is 10.1. The number of rotatable bonds is 49. The molecule has 0 spiro atoms. The number of hydrogen-bond donors (Lipinski definition) is 0. The van der Waals surface area contributed by atoms with Crippen LogP contribution in [0.15, 0.2) is 134 Å². The first kappa shape index (κ1) is 64.0. The van der Waals surface area contributed by atoms with E-state index in [2.05, 4.69) is 154 Å². The van der Waals surface area contributed by atoms with Crippen LogP contribution in [0.4, 0.5) is 0 Å². The molecule has 0 heterocycles. The minimum absolute atomic E-state index is 0.0348. The van der Waals surface area contributed by atoms with Crippen molar-refractivity contribution in [3.63, 3.8) is 0 Å². The number of esters is 2. The zero-order chi connectivity index (χ0) is 49.2. The smallest absolute Gasteiger partial charge is 0.306 e. The first-order valence-electron chi connectivity index (χ1n) is 27.7. The second-order valence-corrected chi connectivity index (χ2v) is 17.7. The van der Waals surface area contributed by atoms with Crippen LogP contribution in [0.5, 0.6) is 0 Å². The van der Waals surface area contributed by atoms with Gasteiger partial charge in [-0.3, -0.25) is 9.59 Å². The number of unbranched alkanes of at least 4 members (excludes halogenated alkanes) is 16. The number of ether oxygens (including phenoxy) is 3. The van der Waals surface area contributed by atoms with Gasteiger partial charge in [0, 0.05) is 19.4 Å². The first-order valence-corrected chi connectivity index (χ1v) is 27.7. The molecule has 0 aliphatic heterocycles. The Kier molecular flexibility index (Phi) is 54.0. The monoisotopic (exact) mass is 939 g/mol. The molecule has 0 saturated carbocycles. The fraction of sp³-hybridized carbons (Fsp3) is 0.619. The van der Waals surface area contributed by atoms with Gasteiger partial charge in [0.1, 0.15) is 6.61 Å². The first-order chi connectivity index (χ1) is 33.6. The second kappa shape index (κ2) is 57.4. The highest BCUT2D eigenvalue weighted by Crippen LogP contribution is 2.12. The van der Waals surface area contributed by atoms with Crippen LogP contribution in [0.1, 0.15) is 226 Å². The van der Waals surface area contributed by atoms with E-state index in [9.17, 15) is 9.59 Å². The molecule has 5 heteroatoms. The molecule has 0 rings (SSSR count). The van der Waals surface area contributed by atoms with Crippen molar-refractivity contribution in [3.8, 4) is 0 Å². The Morgan fingerprint density at radius 1 is 0.338 bits per heavy atom. The highest BCUT2D eigenvalue weighted by molar-refractivity contribution is 5.70. The second-order valence-electron chi connectivity index (χ2n) is 17.7. The summed E-state index contributed by atoms with van der Waals surface area (Å²) in [6.45, 7) is 7.47. The number of allylic oxidation sites excluding steroid dienone is 22. The highest BCUT2D eigenvalue weighted by Gasteiger charge is 2.17. The lowest BCUT2D eigenvalue weighted by Crippen LogP contribution is -2.30. The van der Waals surface area contributed by atoms with Crippen LogP contribution in [0.3, 0.4) is 0 Å². The summed E-state index contributed by atoms with van der Waals surface area (Å²) in [4.78, 5) is 25.5. The Bertz CT molecular complexity index is 1430. The van der Waals surface area contributed by atoms with Crippen molar-refractivity contribution in [2.24, 2.45) is 0 Å². The SMILES string of the molecule is CC/C=C\C/C=C\C/C=C\C/C=C\C/C=C\CCCC(=O)OCC(COCCCCCCCCCC/C=C\C/C=C\CCCCC)OC(=O)CCCCCC/C=C\C/C=C\C/C=C\C/C=C\CC. The number of carbonyl (C=O) groups is 2. The molecule has 0 aliphatic carbocycles. The van der Waals surface area contributed by atoms with Crippen LogP contribution in [0.2, 0.25) is 0 Å². The van der Waals surface area contributed by atoms with Crippen LogP contribution in [-0.4, -0.2) is 37.9 Å². The molecule has 1 unspecified atom stereocenters. The van der Waals surface area contributed by atoms with E-state index in [0.717, 1.165) is 122 Å². The van der Waals surface area contributed by atoms with Crippen LogP contribution >= 0.6 is 0 Å². The fourth-order valence-corrected chi connectivity index (χ4v) is 7.10. The van der Waals surface area contributed by atoms with Crippen molar-refractivity contribution in [3.05, 3.63) is 134 Å². The Morgan fingerprint density at radius 3 is 1.10 bits per heavy atom. The molecule has 1 atom stereocenters. The molecule has 384 valence electrons. The van der Waals surface area contributed by atoms with E-state index in [1.54, 1.807) is 0 Å². The van der Waals surface area contributed by atoms with Crippen molar-refractivity contribution in [1.29, 1.82) is 0 Å². The molecule has 0 fully saturated rings.